The number of thiophene rings is 1. The second-order valence-corrected chi connectivity index (χ2v) is 10.1. The number of methoxy groups -OCH3 is 1. The van der Waals surface area contributed by atoms with Gasteiger partial charge in [-0.2, -0.15) is 20.2 Å². The van der Waals surface area contributed by atoms with Crippen molar-refractivity contribution in [2.45, 2.75) is 37.6 Å². The van der Waals surface area contributed by atoms with Crippen LogP contribution in [0.2, 0.25) is 0 Å². The SMILES string of the molecule is COc1nc(N2CC3(CCCc4sc(N)c(C#N)c43)C2)nc(N(C)C(C)c2cccnc2N)n1. The molecular weight excluding hydrogens is 450 g/mol. The molecule has 11 heteroatoms. The van der Waals surface area contributed by atoms with Gasteiger partial charge in [0.25, 0.3) is 0 Å². The molecule has 1 saturated heterocycles. The number of nitrogens with zero attached hydrogens (tertiary/aromatic N) is 7. The molecule has 5 rings (SSSR count). The van der Waals surface area contributed by atoms with Crippen molar-refractivity contribution >= 4 is 34.1 Å². The van der Waals surface area contributed by atoms with Crippen LogP contribution in [0.4, 0.5) is 22.7 Å². The quantitative estimate of drug-likeness (QED) is 0.563. The third kappa shape index (κ3) is 3.45. The van der Waals surface area contributed by atoms with E-state index >= 15 is 0 Å². The summed E-state index contributed by atoms with van der Waals surface area (Å²) in [7, 11) is 3.46. The van der Waals surface area contributed by atoms with Crippen molar-refractivity contribution in [1.29, 1.82) is 5.26 Å². The molecule has 0 bridgehead atoms. The van der Waals surface area contributed by atoms with E-state index < -0.39 is 0 Å². The van der Waals surface area contributed by atoms with Crippen molar-refractivity contribution in [2.24, 2.45) is 0 Å². The highest BCUT2D eigenvalue weighted by atomic mass is 32.1. The van der Waals surface area contributed by atoms with Gasteiger partial charge in [-0.05, 0) is 37.8 Å². The highest BCUT2D eigenvalue weighted by Gasteiger charge is 2.50. The maximum absolute atomic E-state index is 9.72. The molecule has 1 aliphatic heterocycles. The summed E-state index contributed by atoms with van der Waals surface area (Å²) in [6, 6.07) is 6.29. The van der Waals surface area contributed by atoms with Crippen LogP contribution in [0, 0.1) is 11.3 Å². The van der Waals surface area contributed by atoms with Crippen LogP contribution in [0.15, 0.2) is 18.3 Å². The van der Waals surface area contributed by atoms with E-state index in [0.717, 1.165) is 43.5 Å². The molecule has 3 aromatic heterocycles. The Morgan fingerprint density at radius 2 is 2.09 bits per heavy atom. The maximum atomic E-state index is 9.72. The average Bonchev–Trinajstić information content (AvgIpc) is 3.16. The van der Waals surface area contributed by atoms with E-state index in [1.807, 2.05) is 31.0 Å². The summed E-state index contributed by atoms with van der Waals surface area (Å²) in [5.74, 6) is 1.52. The molecular formula is C23H27N9OS. The average molecular weight is 478 g/mol. The molecule has 34 heavy (non-hydrogen) atoms. The normalized spacial score (nSPS) is 16.9. The van der Waals surface area contributed by atoms with Crippen molar-refractivity contribution in [1.82, 2.24) is 19.9 Å². The van der Waals surface area contributed by atoms with Crippen LogP contribution >= 0.6 is 11.3 Å². The van der Waals surface area contributed by atoms with Crippen molar-refractivity contribution < 1.29 is 4.74 Å². The van der Waals surface area contributed by atoms with Gasteiger partial charge in [0.2, 0.25) is 11.9 Å². The Kier molecular flexibility index (Phi) is 5.40. The standard InChI is InChI=1S/C23H27N9OS/c1-13(14-6-5-9-27-18(14)25)31(2)20-28-21(30-22(29-20)33-3)32-11-23(12-32)8-4-7-16-17(23)15(10-24)19(26)34-16/h5-6,9,13H,4,7-8,11-12,26H2,1-3H3,(H2,25,27). The first-order chi connectivity index (χ1) is 16.4. The Bertz CT molecular complexity index is 1280. The molecule has 1 aliphatic carbocycles. The van der Waals surface area contributed by atoms with Crippen molar-refractivity contribution in [3.05, 3.63) is 39.9 Å². The smallest absolute Gasteiger partial charge is 0.322 e. The van der Waals surface area contributed by atoms with Gasteiger partial charge in [-0.1, -0.05) is 6.07 Å². The largest absolute Gasteiger partial charge is 0.467 e. The van der Waals surface area contributed by atoms with Crippen LogP contribution in [-0.2, 0) is 11.8 Å². The number of ether oxygens (including phenoxy) is 1. The van der Waals surface area contributed by atoms with Crippen molar-refractivity contribution in [3.63, 3.8) is 0 Å². The zero-order valence-electron chi connectivity index (χ0n) is 19.4. The number of rotatable bonds is 5. The van der Waals surface area contributed by atoms with Crippen LogP contribution in [0.5, 0.6) is 6.01 Å². The Morgan fingerprint density at radius 1 is 1.29 bits per heavy atom. The van der Waals surface area contributed by atoms with Gasteiger partial charge in [0.15, 0.2) is 0 Å². The van der Waals surface area contributed by atoms with Gasteiger partial charge in [-0.25, -0.2) is 4.98 Å². The lowest BCUT2D eigenvalue weighted by Crippen LogP contribution is -2.61. The molecule has 0 saturated carbocycles. The highest BCUT2D eigenvalue weighted by Crippen LogP contribution is 2.50. The molecule has 10 nitrogen and oxygen atoms in total. The number of aryl methyl sites for hydroxylation is 1. The van der Waals surface area contributed by atoms with Crippen LogP contribution in [0.1, 0.15) is 47.4 Å². The summed E-state index contributed by atoms with van der Waals surface area (Å²) in [6.45, 7) is 3.48. The molecule has 4 N–H and O–H groups in total. The highest BCUT2D eigenvalue weighted by molar-refractivity contribution is 7.16. The third-order valence-electron chi connectivity index (χ3n) is 6.97. The fourth-order valence-corrected chi connectivity index (χ4v) is 6.27. The van der Waals surface area contributed by atoms with E-state index in [-0.39, 0.29) is 17.5 Å². The van der Waals surface area contributed by atoms with Crippen LogP contribution in [0.25, 0.3) is 0 Å². The van der Waals surface area contributed by atoms with Gasteiger partial charge >= 0.3 is 6.01 Å². The van der Waals surface area contributed by atoms with E-state index in [4.69, 9.17) is 21.2 Å². The number of nitrogens with two attached hydrogens (primary N) is 2. The van der Waals surface area contributed by atoms with E-state index in [9.17, 15) is 5.26 Å². The summed E-state index contributed by atoms with van der Waals surface area (Å²) < 4.78 is 5.40. The second-order valence-electron chi connectivity index (χ2n) is 8.93. The lowest BCUT2D eigenvalue weighted by molar-refractivity contribution is 0.280. The molecule has 1 unspecified atom stereocenters. The third-order valence-corrected chi connectivity index (χ3v) is 8.05. The number of hydrogen-bond acceptors (Lipinski definition) is 11. The van der Waals surface area contributed by atoms with Crippen LogP contribution in [-0.4, -0.2) is 47.2 Å². The fraction of sp³-hybridized carbons (Fsp3) is 0.435. The first-order valence-corrected chi connectivity index (χ1v) is 12.0. The summed E-state index contributed by atoms with van der Waals surface area (Å²) in [6.07, 6.45) is 4.76. The molecule has 0 radical (unpaired) electrons. The van der Waals surface area contributed by atoms with Gasteiger partial charge in [-0.15, -0.1) is 11.3 Å². The topological polar surface area (TPSA) is 143 Å². The Hall–Kier alpha value is -3.65. The van der Waals surface area contributed by atoms with Crippen molar-refractivity contribution in [2.75, 3.05) is 48.5 Å². The number of aromatic nitrogens is 4. The number of nitrogen functional groups attached to an aromatic ring is 2. The van der Waals surface area contributed by atoms with Gasteiger partial charge in [-0.3, -0.25) is 0 Å². The lowest BCUT2D eigenvalue weighted by atomic mass is 9.66. The Morgan fingerprint density at radius 3 is 2.79 bits per heavy atom. The van der Waals surface area contributed by atoms with E-state index in [1.165, 1.54) is 4.88 Å². The molecule has 0 aromatic carbocycles. The van der Waals surface area contributed by atoms with E-state index in [0.29, 0.717) is 28.3 Å². The predicted octanol–water partition coefficient (Wildman–Crippen LogP) is 2.66. The number of anilines is 4. The van der Waals surface area contributed by atoms with Gasteiger partial charge in [0.05, 0.1) is 18.7 Å². The number of hydrogen-bond donors (Lipinski definition) is 2. The second kappa shape index (κ2) is 8.29. The fourth-order valence-electron chi connectivity index (χ4n) is 5.09. The Labute approximate surface area is 202 Å². The van der Waals surface area contributed by atoms with Crippen LogP contribution < -0.4 is 26.0 Å². The maximum Gasteiger partial charge on any atom is 0.322 e. The minimum absolute atomic E-state index is 0.0872. The zero-order chi connectivity index (χ0) is 24.0. The van der Waals surface area contributed by atoms with Gasteiger partial charge in [0.1, 0.15) is 16.9 Å². The summed E-state index contributed by atoms with van der Waals surface area (Å²) in [4.78, 5) is 23.3. The monoisotopic (exact) mass is 477 g/mol. The van der Waals surface area contributed by atoms with E-state index in [1.54, 1.807) is 24.6 Å². The van der Waals surface area contributed by atoms with Crippen LogP contribution in [0.3, 0.4) is 0 Å². The minimum atomic E-state index is -0.107. The molecule has 0 amide bonds. The molecule has 1 fully saturated rings. The summed E-state index contributed by atoms with van der Waals surface area (Å²) in [5.41, 5.74) is 14.9. The lowest BCUT2D eigenvalue weighted by Gasteiger charge is -2.52. The Balaban J connectivity index is 1.44. The molecule has 2 aliphatic rings. The zero-order valence-corrected chi connectivity index (χ0v) is 20.3. The van der Waals surface area contributed by atoms with E-state index in [2.05, 4.69) is 25.9 Å². The van der Waals surface area contributed by atoms with Gasteiger partial charge < -0.3 is 26.0 Å². The minimum Gasteiger partial charge on any atom is -0.467 e. The molecule has 176 valence electrons. The first-order valence-electron chi connectivity index (χ1n) is 11.2. The van der Waals surface area contributed by atoms with Gasteiger partial charge in [0, 0.05) is 42.2 Å². The molecule has 1 atom stereocenters. The number of pyridine rings is 1. The molecule has 4 heterocycles. The molecule has 1 spiro atoms. The predicted molar refractivity (Wildman–Crippen MR) is 132 cm³/mol. The number of nitriles is 1. The summed E-state index contributed by atoms with van der Waals surface area (Å²) >= 11 is 1.56. The first kappa shape index (κ1) is 22.2. The van der Waals surface area contributed by atoms with Crippen molar-refractivity contribution in [3.8, 4) is 12.1 Å². The number of fused-ring (bicyclic) bond motifs is 2. The summed E-state index contributed by atoms with van der Waals surface area (Å²) in [5, 5.41) is 10.4. The molecule has 3 aromatic rings.